The first-order valence-electron chi connectivity index (χ1n) is 5.95. The summed E-state index contributed by atoms with van der Waals surface area (Å²) in [4.78, 5) is 0. The van der Waals surface area contributed by atoms with Crippen molar-refractivity contribution < 1.29 is 9.13 Å². The van der Waals surface area contributed by atoms with Crippen molar-refractivity contribution in [1.82, 2.24) is 9.78 Å². The first-order valence-corrected chi connectivity index (χ1v) is 5.95. The van der Waals surface area contributed by atoms with E-state index in [2.05, 4.69) is 5.10 Å². The highest BCUT2D eigenvalue weighted by Crippen LogP contribution is 2.16. The van der Waals surface area contributed by atoms with Crippen LogP contribution < -0.4 is 4.74 Å². The van der Waals surface area contributed by atoms with E-state index in [9.17, 15) is 4.39 Å². The molecule has 1 aromatic carbocycles. The average molecular weight is 259 g/mol. The molecule has 19 heavy (non-hydrogen) atoms. The Bertz CT molecular complexity index is 613. The molecule has 0 aliphatic carbocycles. The summed E-state index contributed by atoms with van der Waals surface area (Å²) in [6, 6.07) is 6.29. The summed E-state index contributed by atoms with van der Waals surface area (Å²) < 4.78 is 20.4. The van der Waals surface area contributed by atoms with Crippen LogP contribution >= 0.6 is 0 Å². The number of nitriles is 1. The number of ether oxygens (including phenoxy) is 1. The lowest BCUT2D eigenvalue weighted by Gasteiger charge is -2.06. The molecule has 1 aromatic heterocycles. The Kier molecular flexibility index (Phi) is 3.81. The molecule has 0 amide bonds. The second-order valence-electron chi connectivity index (χ2n) is 4.45. The molecule has 1 heterocycles. The molecule has 5 heteroatoms. The van der Waals surface area contributed by atoms with Crippen molar-refractivity contribution in [2.75, 3.05) is 0 Å². The zero-order valence-corrected chi connectivity index (χ0v) is 10.8. The third-order valence-corrected chi connectivity index (χ3v) is 2.69. The molecule has 0 aliphatic rings. The first-order chi connectivity index (χ1) is 9.10. The van der Waals surface area contributed by atoms with Gasteiger partial charge in [-0.2, -0.15) is 10.4 Å². The molecule has 0 bridgehead atoms. The lowest BCUT2D eigenvalue weighted by Crippen LogP contribution is -2.00. The highest BCUT2D eigenvalue weighted by molar-refractivity contribution is 5.37. The van der Waals surface area contributed by atoms with Gasteiger partial charge in [0.15, 0.2) is 5.75 Å². The molecule has 0 atom stereocenters. The minimum Gasteiger partial charge on any atom is -0.486 e. The molecule has 0 spiro atoms. The minimum absolute atomic E-state index is 0.143. The van der Waals surface area contributed by atoms with Crippen LogP contribution in [-0.4, -0.2) is 9.78 Å². The molecular weight excluding hydrogens is 245 g/mol. The van der Waals surface area contributed by atoms with Gasteiger partial charge in [-0.15, -0.1) is 0 Å². The van der Waals surface area contributed by atoms with Gasteiger partial charge in [-0.25, -0.2) is 4.39 Å². The quantitative estimate of drug-likeness (QED) is 0.847. The number of benzene rings is 1. The number of hydrogen-bond acceptors (Lipinski definition) is 3. The van der Waals surface area contributed by atoms with E-state index >= 15 is 0 Å². The van der Waals surface area contributed by atoms with Gasteiger partial charge in [0.25, 0.3) is 0 Å². The number of hydrogen-bond donors (Lipinski definition) is 0. The van der Waals surface area contributed by atoms with Crippen molar-refractivity contribution >= 4 is 0 Å². The van der Waals surface area contributed by atoms with Crippen molar-refractivity contribution in [1.29, 1.82) is 5.26 Å². The SMILES string of the molecule is CC(C)n1cc(OCc2cc(F)ccc2C#N)cn1. The van der Waals surface area contributed by atoms with Gasteiger partial charge >= 0.3 is 0 Å². The van der Waals surface area contributed by atoms with Gasteiger partial charge in [0.1, 0.15) is 12.4 Å². The van der Waals surface area contributed by atoms with Crippen LogP contribution in [0, 0.1) is 17.1 Å². The van der Waals surface area contributed by atoms with Crippen LogP contribution in [0.25, 0.3) is 0 Å². The van der Waals surface area contributed by atoms with E-state index in [1.807, 2.05) is 19.9 Å². The van der Waals surface area contributed by atoms with Crippen LogP contribution in [-0.2, 0) is 6.61 Å². The zero-order chi connectivity index (χ0) is 13.8. The van der Waals surface area contributed by atoms with Crippen LogP contribution in [0.4, 0.5) is 4.39 Å². The van der Waals surface area contributed by atoms with Crippen LogP contribution in [0.5, 0.6) is 5.75 Å². The highest BCUT2D eigenvalue weighted by Gasteiger charge is 2.07. The minimum atomic E-state index is -0.379. The van der Waals surface area contributed by atoms with Gasteiger partial charge in [-0.05, 0) is 32.0 Å². The van der Waals surface area contributed by atoms with E-state index in [4.69, 9.17) is 10.00 Å². The molecule has 0 N–H and O–H groups in total. The maximum atomic E-state index is 13.1. The van der Waals surface area contributed by atoms with Crippen molar-refractivity contribution in [3.63, 3.8) is 0 Å². The van der Waals surface area contributed by atoms with Gasteiger partial charge in [0, 0.05) is 11.6 Å². The Hall–Kier alpha value is -2.35. The van der Waals surface area contributed by atoms with E-state index in [0.717, 1.165) is 0 Å². The van der Waals surface area contributed by atoms with Crippen molar-refractivity contribution in [2.45, 2.75) is 26.5 Å². The summed E-state index contributed by atoms with van der Waals surface area (Å²) in [5, 5.41) is 13.1. The summed E-state index contributed by atoms with van der Waals surface area (Å²) >= 11 is 0. The lowest BCUT2D eigenvalue weighted by molar-refractivity contribution is 0.304. The summed E-state index contributed by atoms with van der Waals surface area (Å²) in [6.07, 6.45) is 3.38. The van der Waals surface area contributed by atoms with Gasteiger partial charge in [0.2, 0.25) is 0 Å². The standard InChI is InChI=1S/C14H14FN3O/c1-10(2)18-8-14(7-17-18)19-9-12-5-13(15)4-3-11(12)6-16/h3-5,7-8,10H,9H2,1-2H3. The number of nitrogens with zero attached hydrogens (tertiary/aromatic N) is 3. The zero-order valence-electron chi connectivity index (χ0n) is 10.8. The number of aromatic nitrogens is 2. The predicted molar refractivity (Wildman–Crippen MR) is 68.1 cm³/mol. The van der Waals surface area contributed by atoms with Crippen LogP contribution in [0.2, 0.25) is 0 Å². The number of rotatable bonds is 4. The third kappa shape index (κ3) is 3.10. The molecule has 0 saturated carbocycles. The molecule has 0 unspecified atom stereocenters. The second-order valence-corrected chi connectivity index (χ2v) is 4.45. The van der Waals surface area contributed by atoms with E-state index in [1.54, 1.807) is 17.1 Å². The normalized spacial score (nSPS) is 10.5. The van der Waals surface area contributed by atoms with Crippen molar-refractivity contribution in [3.05, 3.63) is 47.5 Å². The Morgan fingerprint density at radius 3 is 2.89 bits per heavy atom. The molecule has 0 aliphatic heterocycles. The highest BCUT2D eigenvalue weighted by atomic mass is 19.1. The predicted octanol–water partition coefficient (Wildman–Crippen LogP) is 3.05. The Labute approximate surface area is 111 Å². The molecule has 0 saturated heterocycles. The van der Waals surface area contributed by atoms with E-state index in [-0.39, 0.29) is 18.5 Å². The number of halogens is 1. The smallest absolute Gasteiger partial charge is 0.157 e. The summed E-state index contributed by atoms with van der Waals surface area (Å²) in [7, 11) is 0. The van der Waals surface area contributed by atoms with Crippen molar-refractivity contribution in [2.24, 2.45) is 0 Å². The van der Waals surface area contributed by atoms with Gasteiger partial charge in [0.05, 0.1) is 24.0 Å². The first kappa shape index (κ1) is 13.1. The Balaban J connectivity index is 2.10. The van der Waals surface area contributed by atoms with Gasteiger partial charge < -0.3 is 4.74 Å². The maximum Gasteiger partial charge on any atom is 0.157 e. The van der Waals surface area contributed by atoms with E-state index in [1.165, 1.54) is 18.2 Å². The van der Waals surface area contributed by atoms with Crippen LogP contribution in [0.3, 0.4) is 0 Å². The summed E-state index contributed by atoms with van der Waals surface area (Å²) in [5.74, 6) is 0.220. The maximum absolute atomic E-state index is 13.1. The average Bonchev–Trinajstić information content (AvgIpc) is 2.85. The fourth-order valence-corrected chi connectivity index (χ4v) is 1.63. The molecule has 0 fully saturated rings. The molecule has 2 rings (SSSR count). The summed E-state index contributed by atoms with van der Waals surface area (Å²) in [6.45, 7) is 4.17. The molecular formula is C14H14FN3O. The van der Waals surface area contributed by atoms with Crippen LogP contribution in [0.1, 0.15) is 31.0 Å². The molecule has 98 valence electrons. The van der Waals surface area contributed by atoms with Gasteiger partial charge in [-0.3, -0.25) is 4.68 Å². The Morgan fingerprint density at radius 1 is 1.47 bits per heavy atom. The second kappa shape index (κ2) is 5.53. The fraction of sp³-hybridized carbons (Fsp3) is 0.286. The fourth-order valence-electron chi connectivity index (χ4n) is 1.63. The van der Waals surface area contributed by atoms with Gasteiger partial charge in [-0.1, -0.05) is 0 Å². The van der Waals surface area contributed by atoms with E-state index in [0.29, 0.717) is 16.9 Å². The third-order valence-electron chi connectivity index (χ3n) is 2.69. The van der Waals surface area contributed by atoms with Crippen LogP contribution in [0.15, 0.2) is 30.6 Å². The van der Waals surface area contributed by atoms with Crippen molar-refractivity contribution in [3.8, 4) is 11.8 Å². The largest absolute Gasteiger partial charge is 0.486 e. The monoisotopic (exact) mass is 259 g/mol. The molecule has 0 radical (unpaired) electrons. The summed E-state index contributed by atoms with van der Waals surface area (Å²) in [5.41, 5.74) is 0.942. The molecule has 4 nitrogen and oxygen atoms in total. The lowest BCUT2D eigenvalue weighted by atomic mass is 10.1. The Morgan fingerprint density at radius 2 is 2.26 bits per heavy atom. The topological polar surface area (TPSA) is 50.8 Å². The molecule has 2 aromatic rings. The van der Waals surface area contributed by atoms with E-state index < -0.39 is 0 Å².